The number of ether oxygens (including phenoxy) is 1. The second kappa shape index (κ2) is 6.49. The van der Waals surface area contributed by atoms with Gasteiger partial charge in [0.15, 0.2) is 0 Å². The molecule has 2 saturated heterocycles. The Morgan fingerprint density at radius 3 is 2.65 bits per heavy atom. The highest BCUT2D eigenvalue weighted by atomic mass is 16.5. The van der Waals surface area contributed by atoms with E-state index in [0.717, 1.165) is 12.3 Å². The molecule has 2 aliphatic rings. The molecule has 1 atom stereocenters. The van der Waals surface area contributed by atoms with Crippen LogP contribution < -0.4 is 15.0 Å². The van der Waals surface area contributed by atoms with E-state index < -0.39 is 0 Å². The van der Waals surface area contributed by atoms with E-state index in [1.807, 2.05) is 0 Å². The molecule has 0 aromatic heterocycles. The van der Waals surface area contributed by atoms with E-state index in [-0.39, 0.29) is 0 Å². The number of methoxy groups -OCH3 is 1. The largest absolute Gasteiger partial charge is 0.497 e. The summed E-state index contributed by atoms with van der Waals surface area (Å²) >= 11 is 0. The lowest BCUT2D eigenvalue weighted by molar-refractivity contribution is 0.399. The van der Waals surface area contributed by atoms with Crippen LogP contribution in [0, 0.1) is 0 Å². The van der Waals surface area contributed by atoms with Crippen molar-refractivity contribution in [1.82, 2.24) is 5.32 Å². The molecule has 0 bridgehead atoms. The lowest BCUT2D eigenvalue weighted by Gasteiger charge is -2.34. The van der Waals surface area contributed by atoms with Gasteiger partial charge in [-0.2, -0.15) is 0 Å². The van der Waals surface area contributed by atoms with Crippen LogP contribution in [0.2, 0.25) is 0 Å². The minimum Gasteiger partial charge on any atom is -0.497 e. The van der Waals surface area contributed by atoms with Crippen LogP contribution >= 0.6 is 0 Å². The molecule has 2 heterocycles. The van der Waals surface area contributed by atoms with E-state index in [4.69, 9.17) is 4.74 Å². The van der Waals surface area contributed by atoms with Crippen LogP contribution in [0.25, 0.3) is 0 Å². The van der Waals surface area contributed by atoms with Crippen molar-refractivity contribution in [2.24, 2.45) is 0 Å². The van der Waals surface area contributed by atoms with Crippen LogP contribution in [0.1, 0.15) is 50.1 Å². The molecule has 3 nitrogen and oxygen atoms in total. The van der Waals surface area contributed by atoms with Gasteiger partial charge in [0.2, 0.25) is 0 Å². The third-order valence-electron chi connectivity index (χ3n) is 4.62. The van der Waals surface area contributed by atoms with Gasteiger partial charge in [0.1, 0.15) is 5.75 Å². The topological polar surface area (TPSA) is 24.5 Å². The molecule has 1 aromatic carbocycles. The molecule has 110 valence electrons. The van der Waals surface area contributed by atoms with E-state index in [2.05, 4.69) is 28.4 Å². The van der Waals surface area contributed by atoms with Crippen LogP contribution in [0.15, 0.2) is 18.2 Å². The van der Waals surface area contributed by atoms with Gasteiger partial charge < -0.3 is 15.0 Å². The molecule has 1 N–H and O–H groups in total. The van der Waals surface area contributed by atoms with Gasteiger partial charge >= 0.3 is 0 Å². The van der Waals surface area contributed by atoms with Gasteiger partial charge in [0.25, 0.3) is 0 Å². The summed E-state index contributed by atoms with van der Waals surface area (Å²) < 4.78 is 5.44. The number of benzene rings is 1. The summed E-state index contributed by atoms with van der Waals surface area (Å²) in [6.45, 7) is 3.54. The van der Waals surface area contributed by atoms with Crippen molar-refractivity contribution in [2.45, 2.75) is 44.6 Å². The van der Waals surface area contributed by atoms with Gasteiger partial charge in [0.05, 0.1) is 7.11 Å². The molecule has 0 amide bonds. The maximum atomic E-state index is 5.44. The Kier molecular flexibility index (Phi) is 4.46. The van der Waals surface area contributed by atoms with Crippen LogP contribution in [-0.4, -0.2) is 26.7 Å². The molecule has 0 saturated carbocycles. The molecule has 0 spiro atoms. The zero-order valence-corrected chi connectivity index (χ0v) is 12.5. The van der Waals surface area contributed by atoms with E-state index in [9.17, 15) is 0 Å². The lowest BCUT2D eigenvalue weighted by atomic mass is 9.94. The summed E-state index contributed by atoms with van der Waals surface area (Å²) in [4.78, 5) is 2.56. The van der Waals surface area contributed by atoms with Crippen molar-refractivity contribution < 1.29 is 4.74 Å². The van der Waals surface area contributed by atoms with E-state index in [1.54, 1.807) is 7.11 Å². The number of hydrogen-bond donors (Lipinski definition) is 1. The zero-order chi connectivity index (χ0) is 13.8. The summed E-state index contributed by atoms with van der Waals surface area (Å²) in [5, 5.41) is 3.68. The molecule has 0 aliphatic carbocycles. The molecule has 2 aliphatic heterocycles. The minimum atomic E-state index is 0.496. The lowest BCUT2D eigenvalue weighted by Crippen LogP contribution is -2.33. The predicted molar refractivity (Wildman–Crippen MR) is 83.7 cm³/mol. The van der Waals surface area contributed by atoms with Gasteiger partial charge in [-0.3, -0.25) is 0 Å². The Balaban J connectivity index is 1.90. The maximum absolute atomic E-state index is 5.44. The molecule has 1 aromatic rings. The minimum absolute atomic E-state index is 0.496. The Morgan fingerprint density at radius 2 is 1.95 bits per heavy atom. The molecule has 0 radical (unpaired) electrons. The molecule has 1 unspecified atom stereocenters. The van der Waals surface area contributed by atoms with Gasteiger partial charge in [-0.15, -0.1) is 0 Å². The molecule has 3 rings (SSSR count). The van der Waals surface area contributed by atoms with Crippen molar-refractivity contribution in [1.29, 1.82) is 0 Å². The Labute approximate surface area is 122 Å². The first-order valence-corrected chi connectivity index (χ1v) is 8.05. The number of piperidine rings is 2. The highest BCUT2D eigenvalue weighted by Gasteiger charge is 2.22. The monoisotopic (exact) mass is 274 g/mol. The normalized spacial score (nSPS) is 23.6. The van der Waals surface area contributed by atoms with Crippen molar-refractivity contribution in [3.63, 3.8) is 0 Å². The zero-order valence-electron chi connectivity index (χ0n) is 12.5. The molecular formula is C17H26N2O. The Bertz CT molecular complexity index is 435. The molecule has 20 heavy (non-hydrogen) atoms. The standard InChI is InChI=1S/C17H26N2O/c1-20-14-8-9-17(19-11-5-2-6-12-19)15(13-14)16-7-3-4-10-18-16/h8-9,13,16,18H,2-7,10-12H2,1H3. The number of nitrogens with zero attached hydrogens (tertiary/aromatic N) is 1. The fourth-order valence-corrected chi connectivity index (χ4v) is 3.48. The summed E-state index contributed by atoms with van der Waals surface area (Å²) in [5.74, 6) is 0.980. The molecular weight excluding hydrogens is 248 g/mol. The van der Waals surface area contributed by atoms with E-state index in [0.29, 0.717) is 6.04 Å². The van der Waals surface area contributed by atoms with E-state index in [1.165, 1.54) is 62.9 Å². The predicted octanol–water partition coefficient (Wildman–Crippen LogP) is 3.50. The number of anilines is 1. The smallest absolute Gasteiger partial charge is 0.119 e. The third-order valence-corrected chi connectivity index (χ3v) is 4.62. The van der Waals surface area contributed by atoms with Crippen LogP contribution in [0.4, 0.5) is 5.69 Å². The maximum Gasteiger partial charge on any atom is 0.119 e. The summed E-state index contributed by atoms with van der Waals surface area (Å²) in [5.41, 5.74) is 2.86. The average molecular weight is 274 g/mol. The van der Waals surface area contributed by atoms with Crippen LogP contribution in [0.5, 0.6) is 5.75 Å². The summed E-state index contributed by atoms with van der Waals surface area (Å²) in [7, 11) is 1.76. The van der Waals surface area contributed by atoms with Crippen molar-refractivity contribution in [2.75, 3.05) is 31.6 Å². The number of rotatable bonds is 3. The fraction of sp³-hybridized carbons (Fsp3) is 0.647. The molecule has 2 fully saturated rings. The van der Waals surface area contributed by atoms with Crippen LogP contribution in [0.3, 0.4) is 0 Å². The highest BCUT2D eigenvalue weighted by Crippen LogP contribution is 2.35. The quantitative estimate of drug-likeness (QED) is 0.913. The van der Waals surface area contributed by atoms with Crippen LogP contribution in [-0.2, 0) is 0 Å². The van der Waals surface area contributed by atoms with E-state index >= 15 is 0 Å². The van der Waals surface area contributed by atoms with Gasteiger partial charge in [-0.1, -0.05) is 6.42 Å². The second-order valence-electron chi connectivity index (χ2n) is 5.97. The molecule has 3 heteroatoms. The average Bonchev–Trinajstić information content (AvgIpc) is 2.56. The third kappa shape index (κ3) is 2.93. The highest BCUT2D eigenvalue weighted by molar-refractivity contribution is 5.58. The second-order valence-corrected chi connectivity index (χ2v) is 5.97. The van der Waals surface area contributed by atoms with Gasteiger partial charge in [-0.05, 0) is 62.4 Å². The van der Waals surface area contributed by atoms with Gasteiger partial charge in [-0.25, -0.2) is 0 Å². The summed E-state index contributed by atoms with van der Waals surface area (Å²) in [6, 6.07) is 7.11. The summed E-state index contributed by atoms with van der Waals surface area (Å²) in [6.07, 6.45) is 7.90. The first-order chi connectivity index (χ1) is 9.88. The van der Waals surface area contributed by atoms with Crippen molar-refractivity contribution in [3.8, 4) is 5.75 Å². The Morgan fingerprint density at radius 1 is 1.10 bits per heavy atom. The van der Waals surface area contributed by atoms with Crippen molar-refractivity contribution in [3.05, 3.63) is 23.8 Å². The van der Waals surface area contributed by atoms with Gasteiger partial charge in [0, 0.05) is 24.8 Å². The number of nitrogens with one attached hydrogen (secondary N) is 1. The first kappa shape index (κ1) is 13.7. The first-order valence-electron chi connectivity index (χ1n) is 8.05. The SMILES string of the molecule is COc1ccc(N2CCCCC2)c(C2CCCCN2)c1. The fourth-order valence-electron chi connectivity index (χ4n) is 3.48. The Hall–Kier alpha value is -1.22. The van der Waals surface area contributed by atoms with Crippen molar-refractivity contribution >= 4 is 5.69 Å². The number of hydrogen-bond acceptors (Lipinski definition) is 3.